The smallest absolute Gasteiger partial charge is 0.187 e. The molecule has 4 heteroatoms. The molecule has 0 rings (SSSR count). The van der Waals surface area contributed by atoms with Crippen molar-refractivity contribution >= 4 is 17.7 Å². The largest absolute Gasteiger partial charge is 0.370 e. The summed E-state index contributed by atoms with van der Waals surface area (Å²) in [5, 5.41) is 0.183. The predicted molar refractivity (Wildman–Crippen MR) is 52.6 cm³/mol. The molecule has 0 aromatic carbocycles. The molecule has 4 N–H and O–H groups in total. The Kier molecular flexibility index (Phi) is 5.11. The molecule has 0 spiro atoms. The van der Waals surface area contributed by atoms with Gasteiger partial charge in [0.25, 0.3) is 0 Å². The molecule has 66 valence electrons. The molecule has 0 amide bonds. The van der Waals surface area contributed by atoms with Gasteiger partial charge in [-0.15, -0.1) is 11.8 Å². The SMILES string of the molecule is CC(C)CSC(C)N=C(N)N. The molecule has 11 heavy (non-hydrogen) atoms. The topological polar surface area (TPSA) is 64.4 Å². The average molecular weight is 175 g/mol. The monoisotopic (exact) mass is 175 g/mol. The van der Waals surface area contributed by atoms with Crippen LogP contribution >= 0.6 is 11.8 Å². The van der Waals surface area contributed by atoms with Crippen LogP contribution in [0.1, 0.15) is 20.8 Å². The third-order valence-corrected chi connectivity index (χ3v) is 2.45. The van der Waals surface area contributed by atoms with Gasteiger partial charge in [0.15, 0.2) is 5.96 Å². The molecule has 0 heterocycles. The standard InChI is InChI=1S/C7H17N3S/c1-5(2)4-11-6(3)10-7(8)9/h5-6H,4H2,1-3H3,(H4,8,9,10). The van der Waals surface area contributed by atoms with E-state index < -0.39 is 0 Å². The molecule has 0 saturated carbocycles. The molecule has 0 aliphatic rings. The van der Waals surface area contributed by atoms with Crippen molar-refractivity contribution in [1.29, 1.82) is 0 Å². The number of hydrogen-bond donors (Lipinski definition) is 2. The Morgan fingerprint density at radius 2 is 1.91 bits per heavy atom. The Balaban J connectivity index is 3.53. The first-order valence-corrected chi connectivity index (χ1v) is 4.77. The van der Waals surface area contributed by atoms with E-state index in [9.17, 15) is 0 Å². The fourth-order valence-corrected chi connectivity index (χ4v) is 1.44. The third kappa shape index (κ3) is 7.52. The van der Waals surface area contributed by atoms with Gasteiger partial charge in [-0.25, -0.2) is 4.99 Å². The first-order chi connectivity index (χ1) is 5.02. The second-order valence-corrected chi connectivity index (χ2v) is 4.23. The van der Waals surface area contributed by atoms with E-state index in [2.05, 4.69) is 18.8 Å². The molecule has 0 fully saturated rings. The summed E-state index contributed by atoms with van der Waals surface area (Å²) < 4.78 is 0. The van der Waals surface area contributed by atoms with Crippen LogP contribution < -0.4 is 11.5 Å². The summed E-state index contributed by atoms with van der Waals surface area (Å²) in [7, 11) is 0. The van der Waals surface area contributed by atoms with Crippen molar-refractivity contribution < 1.29 is 0 Å². The maximum atomic E-state index is 5.21. The zero-order valence-corrected chi connectivity index (χ0v) is 8.19. The van der Waals surface area contributed by atoms with Crippen LogP contribution in [-0.2, 0) is 0 Å². The van der Waals surface area contributed by atoms with Crippen LogP contribution in [0, 0.1) is 5.92 Å². The predicted octanol–water partition coefficient (Wildman–Crippen LogP) is 0.995. The molecular formula is C7H17N3S. The van der Waals surface area contributed by atoms with Crippen LogP contribution in [0.25, 0.3) is 0 Å². The first-order valence-electron chi connectivity index (χ1n) is 3.72. The van der Waals surface area contributed by atoms with Crippen molar-refractivity contribution in [1.82, 2.24) is 0 Å². The molecule has 0 aromatic rings. The molecule has 0 aromatic heterocycles. The number of thioether (sulfide) groups is 1. The van der Waals surface area contributed by atoms with E-state index in [0.717, 1.165) is 5.75 Å². The van der Waals surface area contributed by atoms with E-state index in [1.54, 1.807) is 11.8 Å². The van der Waals surface area contributed by atoms with Gasteiger partial charge in [-0.3, -0.25) is 0 Å². The number of nitrogens with two attached hydrogens (primary N) is 2. The van der Waals surface area contributed by atoms with Gasteiger partial charge in [-0.2, -0.15) is 0 Å². The van der Waals surface area contributed by atoms with Crippen molar-refractivity contribution in [2.24, 2.45) is 22.4 Å². The minimum atomic E-state index is 0.175. The van der Waals surface area contributed by atoms with E-state index in [4.69, 9.17) is 11.5 Å². The Morgan fingerprint density at radius 1 is 1.36 bits per heavy atom. The summed E-state index contributed by atoms with van der Waals surface area (Å²) >= 11 is 1.77. The van der Waals surface area contributed by atoms with Crippen LogP contribution in [0.2, 0.25) is 0 Å². The van der Waals surface area contributed by atoms with Gasteiger partial charge in [0.05, 0.1) is 5.37 Å². The van der Waals surface area contributed by atoms with Crippen molar-refractivity contribution in [2.75, 3.05) is 5.75 Å². The highest BCUT2D eigenvalue weighted by atomic mass is 32.2. The van der Waals surface area contributed by atoms with E-state index in [0.29, 0.717) is 5.92 Å². The van der Waals surface area contributed by atoms with Crippen LogP contribution in [0.5, 0.6) is 0 Å². The second-order valence-electron chi connectivity index (χ2n) is 2.88. The zero-order chi connectivity index (χ0) is 8.85. The molecule has 1 unspecified atom stereocenters. The lowest BCUT2D eigenvalue weighted by Crippen LogP contribution is -2.24. The quantitative estimate of drug-likeness (QED) is 0.495. The molecule has 0 aliphatic heterocycles. The zero-order valence-electron chi connectivity index (χ0n) is 7.37. The lowest BCUT2D eigenvalue weighted by atomic mass is 10.3. The van der Waals surface area contributed by atoms with E-state index >= 15 is 0 Å². The highest BCUT2D eigenvalue weighted by molar-refractivity contribution is 7.99. The fourth-order valence-electron chi connectivity index (χ4n) is 0.579. The van der Waals surface area contributed by atoms with Gasteiger partial charge in [0.2, 0.25) is 0 Å². The molecule has 0 radical (unpaired) electrons. The summed E-state index contributed by atoms with van der Waals surface area (Å²) in [5.41, 5.74) is 10.4. The van der Waals surface area contributed by atoms with Gasteiger partial charge in [0, 0.05) is 0 Å². The molecule has 0 saturated heterocycles. The first kappa shape index (κ1) is 10.6. The highest BCUT2D eigenvalue weighted by Crippen LogP contribution is 2.14. The van der Waals surface area contributed by atoms with Crippen LogP contribution in [0.4, 0.5) is 0 Å². The van der Waals surface area contributed by atoms with Gasteiger partial charge < -0.3 is 11.5 Å². The second kappa shape index (κ2) is 5.29. The maximum absolute atomic E-state index is 5.21. The van der Waals surface area contributed by atoms with Gasteiger partial charge >= 0.3 is 0 Å². The summed E-state index contributed by atoms with van der Waals surface area (Å²) in [6.45, 7) is 6.34. The van der Waals surface area contributed by atoms with Crippen LogP contribution in [0.15, 0.2) is 4.99 Å². The lowest BCUT2D eigenvalue weighted by molar-refractivity contribution is 0.747. The van der Waals surface area contributed by atoms with Crippen LogP contribution in [-0.4, -0.2) is 17.1 Å². The van der Waals surface area contributed by atoms with E-state index in [1.165, 1.54) is 0 Å². The minimum Gasteiger partial charge on any atom is -0.370 e. The fraction of sp³-hybridized carbons (Fsp3) is 0.857. The number of guanidine groups is 1. The Bertz CT molecular complexity index is 130. The molecular weight excluding hydrogens is 158 g/mol. The normalized spacial score (nSPS) is 13.1. The van der Waals surface area contributed by atoms with E-state index in [-0.39, 0.29) is 11.3 Å². The van der Waals surface area contributed by atoms with Gasteiger partial charge in [-0.1, -0.05) is 13.8 Å². The number of aliphatic imine (C=N–C) groups is 1. The Hall–Kier alpha value is -0.380. The highest BCUT2D eigenvalue weighted by Gasteiger charge is 2.01. The van der Waals surface area contributed by atoms with Gasteiger partial charge in [0.1, 0.15) is 0 Å². The minimum absolute atomic E-state index is 0.175. The Morgan fingerprint density at radius 3 is 2.27 bits per heavy atom. The lowest BCUT2D eigenvalue weighted by Gasteiger charge is -2.07. The third-order valence-electron chi connectivity index (χ3n) is 1.00. The molecule has 3 nitrogen and oxygen atoms in total. The number of hydrogen-bond acceptors (Lipinski definition) is 2. The number of rotatable bonds is 4. The summed E-state index contributed by atoms with van der Waals surface area (Å²) in [4.78, 5) is 3.98. The van der Waals surface area contributed by atoms with Crippen molar-refractivity contribution in [3.8, 4) is 0 Å². The number of nitrogens with zero attached hydrogens (tertiary/aromatic N) is 1. The van der Waals surface area contributed by atoms with Gasteiger partial charge in [-0.05, 0) is 18.6 Å². The molecule has 1 atom stereocenters. The Labute approximate surface area is 72.6 Å². The van der Waals surface area contributed by atoms with Crippen molar-refractivity contribution in [3.63, 3.8) is 0 Å². The maximum Gasteiger partial charge on any atom is 0.187 e. The summed E-state index contributed by atoms with van der Waals surface area (Å²) in [6, 6.07) is 0. The van der Waals surface area contributed by atoms with Crippen molar-refractivity contribution in [3.05, 3.63) is 0 Å². The van der Waals surface area contributed by atoms with Crippen molar-refractivity contribution in [2.45, 2.75) is 26.1 Å². The van der Waals surface area contributed by atoms with E-state index in [1.807, 2.05) is 6.92 Å². The summed E-state index contributed by atoms with van der Waals surface area (Å²) in [6.07, 6.45) is 0. The molecule has 0 bridgehead atoms. The molecule has 0 aliphatic carbocycles. The van der Waals surface area contributed by atoms with Crippen LogP contribution in [0.3, 0.4) is 0 Å². The average Bonchev–Trinajstić information content (AvgIpc) is 1.82. The summed E-state index contributed by atoms with van der Waals surface area (Å²) in [5.74, 6) is 1.96.